The van der Waals surface area contributed by atoms with E-state index in [9.17, 15) is 14.4 Å². The van der Waals surface area contributed by atoms with E-state index in [4.69, 9.17) is 31.5 Å². The summed E-state index contributed by atoms with van der Waals surface area (Å²) in [4.78, 5) is 49.8. The Morgan fingerprint density at radius 3 is 2.82 bits per heavy atom. The van der Waals surface area contributed by atoms with E-state index in [1.54, 1.807) is 17.9 Å². The van der Waals surface area contributed by atoms with E-state index in [0.29, 0.717) is 45.9 Å². The first-order chi connectivity index (χ1) is 18.3. The molecule has 1 aromatic carbocycles. The summed E-state index contributed by atoms with van der Waals surface area (Å²) >= 11 is 7.23. The molecule has 13 heteroatoms. The third-order valence-corrected chi connectivity index (χ3v) is 7.26. The zero-order valence-electron chi connectivity index (χ0n) is 21.0. The van der Waals surface area contributed by atoms with Crippen molar-refractivity contribution < 1.29 is 28.6 Å². The highest BCUT2D eigenvalue weighted by Crippen LogP contribution is 2.34. The number of hydrogen-bond acceptors (Lipinski definition) is 10. The molecule has 4 rings (SSSR count). The second kappa shape index (κ2) is 12.4. The highest BCUT2D eigenvalue weighted by atomic mass is 35.5. The Morgan fingerprint density at radius 2 is 2.05 bits per heavy atom. The van der Waals surface area contributed by atoms with E-state index in [-0.39, 0.29) is 38.1 Å². The summed E-state index contributed by atoms with van der Waals surface area (Å²) in [5.74, 6) is -0.618. The molecule has 2 aromatic heterocycles. The first-order valence-corrected chi connectivity index (χ1v) is 13.1. The monoisotopic (exact) mass is 561 g/mol. The number of piperazine rings is 1. The Kier molecular flexibility index (Phi) is 8.97. The summed E-state index contributed by atoms with van der Waals surface area (Å²) in [5.41, 5.74) is 8.03. The minimum absolute atomic E-state index is 0.0164. The van der Waals surface area contributed by atoms with Crippen LogP contribution in [-0.4, -0.2) is 83.6 Å². The number of halogens is 1. The Hall–Kier alpha value is -3.48. The lowest BCUT2D eigenvalue weighted by atomic mass is 10.1. The molecule has 1 atom stereocenters. The van der Waals surface area contributed by atoms with E-state index < -0.39 is 12.0 Å². The van der Waals surface area contributed by atoms with Gasteiger partial charge in [0.2, 0.25) is 5.91 Å². The number of hydrogen-bond donors (Lipinski definition) is 1. The number of thiophene rings is 1. The van der Waals surface area contributed by atoms with Crippen molar-refractivity contribution in [1.82, 2.24) is 19.8 Å². The smallest absolute Gasteiger partial charge is 0.310 e. The Bertz CT molecular complexity index is 1330. The number of nitrogen functional groups attached to an aromatic ring is 1. The maximum Gasteiger partial charge on any atom is 0.310 e. The maximum atomic E-state index is 13.4. The van der Waals surface area contributed by atoms with E-state index in [0.717, 1.165) is 22.3 Å². The fourth-order valence-corrected chi connectivity index (χ4v) is 5.36. The molecule has 0 aliphatic carbocycles. The summed E-state index contributed by atoms with van der Waals surface area (Å²) < 4.78 is 16.4. The van der Waals surface area contributed by atoms with Gasteiger partial charge in [0.25, 0.3) is 5.91 Å². The van der Waals surface area contributed by atoms with Gasteiger partial charge in [-0.2, -0.15) is 0 Å². The van der Waals surface area contributed by atoms with Gasteiger partial charge < -0.3 is 29.7 Å². The molecule has 3 heterocycles. The fourth-order valence-electron chi connectivity index (χ4n) is 4.26. The van der Waals surface area contributed by atoms with Gasteiger partial charge in [-0.1, -0.05) is 29.0 Å². The number of rotatable bonds is 10. The van der Waals surface area contributed by atoms with Crippen LogP contribution in [0.5, 0.6) is 5.06 Å². The lowest BCUT2D eigenvalue weighted by molar-refractivity contribution is -0.155. The average molecular weight is 562 g/mol. The van der Waals surface area contributed by atoms with Crippen LogP contribution in [0.2, 0.25) is 4.34 Å². The van der Waals surface area contributed by atoms with Crippen molar-refractivity contribution >= 4 is 57.4 Å². The maximum absolute atomic E-state index is 13.4. The quantitative estimate of drug-likeness (QED) is 0.369. The second-order valence-electron chi connectivity index (χ2n) is 8.56. The standard InChI is InChI=1S/C25H28ClN5O6S/c1-3-36-22(33)10-16-9-20(26)38-25(16)37-13-21(32)31-7-6-30(24(34)19(31)12-35-2)11-15-4-5-17-18(8-15)28-14-29-23(17)27/h4-5,8-9,14,19H,3,6-7,10-13H2,1-2H3,(H2,27,28,29)/t19-/m0/s1. The van der Waals surface area contributed by atoms with Crippen molar-refractivity contribution in [1.29, 1.82) is 0 Å². The molecule has 1 aliphatic heterocycles. The summed E-state index contributed by atoms with van der Waals surface area (Å²) in [6.45, 7) is 2.71. The van der Waals surface area contributed by atoms with Crippen LogP contribution in [0.25, 0.3) is 10.9 Å². The zero-order valence-corrected chi connectivity index (χ0v) is 22.6. The van der Waals surface area contributed by atoms with Gasteiger partial charge in [0, 0.05) is 37.7 Å². The first kappa shape index (κ1) is 27.6. The van der Waals surface area contributed by atoms with Crippen LogP contribution in [0.4, 0.5) is 5.82 Å². The van der Waals surface area contributed by atoms with Gasteiger partial charge in [-0.15, -0.1) is 0 Å². The summed E-state index contributed by atoms with van der Waals surface area (Å²) in [6, 6.07) is 6.41. The van der Waals surface area contributed by atoms with Crippen molar-refractivity contribution in [2.45, 2.75) is 25.9 Å². The molecule has 1 saturated heterocycles. The molecule has 2 N–H and O–H groups in total. The lowest BCUT2D eigenvalue weighted by Crippen LogP contribution is -2.60. The van der Waals surface area contributed by atoms with Crippen molar-refractivity contribution in [2.75, 3.05) is 45.8 Å². The third-order valence-electron chi connectivity index (χ3n) is 6.04. The Balaban J connectivity index is 1.41. The molecule has 202 valence electrons. The molecular formula is C25H28ClN5O6S. The molecule has 38 heavy (non-hydrogen) atoms. The normalized spacial score (nSPS) is 15.7. The summed E-state index contributed by atoms with van der Waals surface area (Å²) in [7, 11) is 1.48. The molecule has 0 radical (unpaired) electrons. The van der Waals surface area contributed by atoms with Crippen molar-refractivity contribution in [3.8, 4) is 5.06 Å². The predicted octanol–water partition coefficient (Wildman–Crippen LogP) is 2.30. The van der Waals surface area contributed by atoms with Crippen LogP contribution >= 0.6 is 22.9 Å². The topological polar surface area (TPSA) is 137 Å². The van der Waals surface area contributed by atoms with Crippen LogP contribution in [0.1, 0.15) is 18.1 Å². The molecule has 0 spiro atoms. The third kappa shape index (κ3) is 6.32. The van der Waals surface area contributed by atoms with E-state index >= 15 is 0 Å². The van der Waals surface area contributed by atoms with Gasteiger partial charge in [-0.3, -0.25) is 14.4 Å². The number of ether oxygens (including phenoxy) is 3. The van der Waals surface area contributed by atoms with Crippen molar-refractivity contribution in [3.63, 3.8) is 0 Å². The highest BCUT2D eigenvalue weighted by molar-refractivity contribution is 7.18. The number of anilines is 1. The number of methoxy groups -OCH3 is 1. The van der Waals surface area contributed by atoms with Gasteiger partial charge in [-0.05, 0) is 30.7 Å². The fraction of sp³-hybridized carbons (Fsp3) is 0.400. The number of carbonyl (C=O) groups is 3. The van der Waals surface area contributed by atoms with Gasteiger partial charge in [0.1, 0.15) is 18.2 Å². The van der Waals surface area contributed by atoms with E-state index in [2.05, 4.69) is 9.97 Å². The molecule has 0 unspecified atom stereocenters. The van der Waals surface area contributed by atoms with Gasteiger partial charge in [0.15, 0.2) is 11.7 Å². The molecule has 0 saturated carbocycles. The lowest BCUT2D eigenvalue weighted by Gasteiger charge is -2.40. The van der Waals surface area contributed by atoms with E-state index in [1.807, 2.05) is 18.2 Å². The molecular weight excluding hydrogens is 534 g/mol. The Labute approximate surface area is 228 Å². The Morgan fingerprint density at radius 1 is 1.24 bits per heavy atom. The minimum Gasteiger partial charge on any atom is -0.474 e. The van der Waals surface area contributed by atoms with Gasteiger partial charge in [0.05, 0.1) is 29.5 Å². The predicted molar refractivity (Wildman–Crippen MR) is 142 cm³/mol. The van der Waals surface area contributed by atoms with Crippen LogP contribution in [0.3, 0.4) is 0 Å². The van der Waals surface area contributed by atoms with Crippen LogP contribution in [0.15, 0.2) is 30.6 Å². The summed E-state index contributed by atoms with van der Waals surface area (Å²) in [5, 5.41) is 1.11. The van der Waals surface area contributed by atoms with Gasteiger partial charge >= 0.3 is 5.97 Å². The van der Waals surface area contributed by atoms with Crippen molar-refractivity contribution in [2.24, 2.45) is 0 Å². The van der Waals surface area contributed by atoms with Crippen LogP contribution in [-0.2, 0) is 36.8 Å². The zero-order chi connectivity index (χ0) is 27.2. The van der Waals surface area contributed by atoms with Crippen molar-refractivity contribution in [3.05, 3.63) is 46.1 Å². The average Bonchev–Trinajstić information content (AvgIpc) is 3.23. The molecule has 1 aliphatic rings. The molecule has 1 fully saturated rings. The molecule has 3 aromatic rings. The minimum atomic E-state index is -0.797. The SMILES string of the molecule is CCOC(=O)Cc1cc(Cl)sc1OCC(=O)N1CCN(Cc2ccc3c(N)ncnc3c2)C(=O)[C@@H]1COC. The number of carbonyl (C=O) groups excluding carboxylic acids is 3. The van der Waals surface area contributed by atoms with Crippen LogP contribution < -0.4 is 10.5 Å². The van der Waals surface area contributed by atoms with Crippen LogP contribution in [0, 0.1) is 0 Å². The number of fused-ring (bicyclic) bond motifs is 1. The number of benzene rings is 1. The number of amides is 2. The van der Waals surface area contributed by atoms with Gasteiger partial charge in [-0.25, -0.2) is 9.97 Å². The van der Waals surface area contributed by atoms with E-state index in [1.165, 1.54) is 18.3 Å². The molecule has 11 nitrogen and oxygen atoms in total. The number of nitrogens with zero attached hydrogens (tertiary/aromatic N) is 4. The number of esters is 1. The second-order valence-corrected chi connectivity index (χ2v) is 10.2. The molecule has 0 bridgehead atoms. The largest absolute Gasteiger partial charge is 0.474 e. The highest BCUT2D eigenvalue weighted by Gasteiger charge is 2.37. The first-order valence-electron chi connectivity index (χ1n) is 11.9. The number of aromatic nitrogens is 2. The number of nitrogens with two attached hydrogens (primary N) is 1. The molecule has 2 amide bonds. The summed E-state index contributed by atoms with van der Waals surface area (Å²) in [6.07, 6.45) is 1.38.